The summed E-state index contributed by atoms with van der Waals surface area (Å²) in [7, 11) is 0. The van der Waals surface area contributed by atoms with E-state index < -0.39 is 0 Å². The SMILES string of the molecule is CCCCCCCC(CCC)CCCc1ccc(CO)cc1. The molecule has 0 aliphatic rings. The molecule has 0 fully saturated rings. The number of aliphatic hydroxyl groups is 1. The van der Waals surface area contributed by atoms with Gasteiger partial charge in [-0.3, -0.25) is 0 Å². The van der Waals surface area contributed by atoms with Crippen LogP contribution in [0.5, 0.6) is 0 Å². The summed E-state index contributed by atoms with van der Waals surface area (Å²) in [5.41, 5.74) is 2.43. The Morgan fingerprint density at radius 2 is 1.36 bits per heavy atom. The van der Waals surface area contributed by atoms with Crippen LogP contribution in [0, 0.1) is 5.92 Å². The zero-order valence-electron chi connectivity index (χ0n) is 14.8. The fourth-order valence-electron chi connectivity index (χ4n) is 3.28. The van der Waals surface area contributed by atoms with Crippen molar-refractivity contribution in [1.29, 1.82) is 0 Å². The molecule has 0 amide bonds. The first-order valence-electron chi connectivity index (χ1n) is 9.48. The lowest BCUT2D eigenvalue weighted by molar-refractivity contribution is 0.282. The molecule has 1 atom stereocenters. The topological polar surface area (TPSA) is 20.2 Å². The minimum absolute atomic E-state index is 0.150. The zero-order valence-corrected chi connectivity index (χ0v) is 14.8. The molecule has 1 aromatic carbocycles. The van der Waals surface area contributed by atoms with Gasteiger partial charge in [0.1, 0.15) is 0 Å². The van der Waals surface area contributed by atoms with Crippen molar-refractivity contribution < 1.29 is 5.11 Å². The lowest BCUT2D eigenvalue weighted by Crippen LogP contribution is -2.01. The normalized spacial score (nSPS) is 12.5. The summed E-state index contributed by atoms with van der Waals surface area (Å²) in [6.07, 6.45) is 15.0. The minimum Gasteiger partial charge on any atom is -0.392 e. The van der Waals surface area contributed by atoms with Crippen LogP contribution in [0.25, 0.3) is 0 Å². The Kier molecular flexibility index (Phi) is 11.1. The summed E-state index contributed by atoms with van der Waals surface area (Å²) in [5, 5.41) is 9.07. The highest BCUT2D eigenvalue weighted by atomic mass is 16.3. The Hall–Kier alpha value is -0.820. The van der Waals surface area contributed by atoms with Crippen molar-refractivity contribution >= 4 is 0 Å². The van der Waals surface area contributed by atoms with Gasteiger partial charge in [0.15, 0.2) is 0 Å². The Morgan fingerprint density at radius 3 is 2.00 bits per heavy atom. The van der Waals surface area contributed by atoms with Gasteiger partial charge in [-0.1, -0.05) is 95.9 Å². The lowest BCUT2D eigenvalue weighted by atomic mass is 9.90. The van der Waals surface area contributed by atoms with Crippen LogP contribution in [0.3, 0.4) is 0 Å². The molecule has 0 aromatic heterocycles. The lowest BCUT2D eigenvalue weighted by Gasteiger charge is -2.16. The number of hydrogen-bond donors (Lipinski definition) is 1. The molecular formula is C21H36O. The molecule has 0 saturated carbocycles. The number of hydrogen-bond acceptors (Lipinski definition) is 1. The van der Waals surface area contributed by atoms with Crippen molar-refractivity contribution in [2.75, 3.05) is 0 Å². The summed E-state index contributed by atoms with van der Waals surface area (Å²) < 4.78 is 0. The van der Waals surface area contributed by atoms with E-state index in [1.807, 2.05) is 12.1 Å². The van der Waals surface area contributed by atoms with E-state index in [-0.39, 0.29) is 6.61 Å². The predicted octanol–water partition coefficient (Wildman–Crippen LogP) is 6.28. The first-order valence-corrected chi connectivity index (χ1v) is 9.48. The van der Waals surface area contributed by atoms with Gasteiger partial charge in [0, 0.05) is 0 Å². The van der Waals surface area contributed by atoms with Gasteiger partial charge in [0.2, 0.25) is 0 Å². The van der Waals surface area contributed by atoms with Gasteiger partial charge in [0.05, 0.1) is 6.61 Å². The van der Waals surface area contributed by atoms with Crippen LogP contribution in [-0.2, 0) is 13.0 Å². The molecule has 22 heavy (non-hydrogen) atoms. The third-order valence-electron chi connectivity index (χ3n) is 4.70. The third-order valence-corrected chi connectivity index (χ3v) is 4.70. The molecular weight excluding hydrogens is 268 g/mol. The van der Waals surface area contributed by atoms with Gasteiger partial charge in [0.25, 0.3) is 0 Å². The van der Waals surface area contributed by atoms with Crippen LogP contribution < -0.4 is 0 Å². The van der Waals surface area contributed by atoms with Gasteiger partial charge in [-0.25, -0.2) is 0 Å². The standard InChI is InChI=1S/C21H36O/c1-3-5-6-7-8-11-19(10-4-2)12-9-13-20-14-16-21(18-22)17-15-20/h14-17,19,22H,3-13,18H2,1-2H3. The predicted molar refractivity (Wildman–Crippen MR) is 97.1 cm³/mol. The van der Waals surface area contributed by atoms with E-state index in [9.17, 15) is 0 Å². The highest BCUT2D eigenvalue weighted by Gasteiger charge is 2.07. The quantitative estimate of drug-likeness (QED) is 0.425. The summed E-state index contributed by atoms with van der Waals surface area (Å²) in [5.74, 6) is 0.934. The van der Waals surface area contributed by atoms with E-state index in [0.717, 1.165) is 11.5 Å². The Labute approximate surface area is 138 Å². The number of aliphatic hydroxyl groups excluding tert-OH is 1. The summed E-state index contributed by atoms with van der Waals surface area (Å²) >= 11 is 0. The second-order valence-electron chi connectivity index (χ2n) is 6.72. The average Bonchev–Trinajstić information content (AvgIpc) is 2.55. The molecule has 1 nitrogen and oxygen atoms in total. The van der Waals surface area contributed by atoms with Gasteiger partial charge >= 0.3 is 0 Å². The molecule has 0 aliphatic heterocycles. The summed E-state index contributed by atoms with van der Waals surface area (Å²) in [6, 6.07) is 8.44. The highest BCUT2D eigenvalue weighted by Crippen LogP contribution is 2.22. The maximum atomic E-state index is 9.07. The van der Waals surface area contributed by atoms with Crippen LogP contribution >= 0.6 is 0 Å². The van der Waals surface area contributed by atoms with Gasteiger partial charge in [-0.15, -0.1) is 0 Å². The fourth-order valence-corrected chi connectivity index (χ4v) is 3.28. The van der Waals surface area contributed by atoms with Crippen LogP contribution in [0.15, 0.2) is 24.3 Å². The molecule has 0 bridgehead atoms. The van der Waals surface area contributed by atoms with E-state index in [4.69, 9.17) is 5.11 Å². The van der Waals surface area contributed by atoms with Crippen LogP contribution in [0.1, 0.15) is 89.2 Å². The molecule has 0 spiro atoms. The maximum absolute atomic E-state index is 9.07. The van der Waals surface area contributed by atoms with Gasteiger partial charge in [-0.2, -0.15) is 0 Å². The number of rotatable bonds is 13. The number of benzene rings is 1. The molecule has 0 aliphatic carbocycles. The van der Waals surface area contributed by atoms with E-state index in [1.54, 1.807) is 0 Å². The highest BCUT2D eigenvalue weighted by molar-refractivity contribution is 5.21. The average molecular weight is 305 g/mol. The molecule has 1 heteroatoms. The largest absolute Gasteiger partial charge is 0.392 e. The first-order chi connectivity index (χ1) is 10.8. The summed E-state index contributed by atoms with van der Waals surface area (Å²) in [6.45, 7) is 4.75. The molecule has 1 rings (SSSR count). The van der Waals surface area contributed by atoms with E-state index in [2.05, 4.69) is 26.0 Å². The van der Waals surface area contributed by atoms with Crippen molar-refractivity contribution in [2.45, 2.75) is 91.1 Å². The van der Waals surface area contributed by atoms with Crippen LogP contribution in [0.2, 0.25) is 0 Å². The Bertz CT molecular complexity index is 355. The van der Waals surface area contributed by atoms with Crippen LogP contribution in [-0.4, -0.2) is 5.11 Å². The first kappa shape index (κ1) is 19.2. The van der Waals surface area contributed by atoms with Crippen molar-refractivity contribution in [2.24, 2.45) is 5.92 Å². The molecule has 1 N–H and O–H groups in total. The Balaban J connectivity index is 2.21. The fraction of sp³-hybridized carbons (Fsp3) is 0.714. The van der Waals surface area contributed by atoms with Gasteiger partial charge in [-0.05, 0) is 29.9 Å². The maximum Gasteiger partial charge on any atom is 0.0681 e. The molecule has 1 aromatic rings. The van der Waals surface area contributed by atoms with Gasteiger partial charge < -0.3 is 5.11 Å². The van der Waals surface area contributed by atoms with Crippen molar-refractivity contribution in [3.63, 3.8) is 0 Å². The van der Waals surface area contributed by atoms with Crippen LogP contribution in [0.4, 0.5) is 0 Å². The summed E-state index contributed by atoms with van der Waals surface area (Å²) in [4.78, 5) is 0. The Morgan fingerprint density at radius 1 is 0.727 bits per heavy atom. The third kappa shape index (κ3) is 8.58. The monoisotopic (exact) mass is 304 g/mol. The molecule has 0 heterocycles. The van der Waals surface area contributed by atoms with Crippen molar-refractivity contribution in [3.8, 4) is 0 Å². The molecule has 126 valence electrons. The molecule has 0 radical (unpaired) electrons. The van der Waals surface area contributed by atoms with Crippen molar-refractivity contribution in [3.05, 3.63) is 35.4 Å². The van der Waals surface area contributed by atoms with E-state index in [1.165, 1.54) is 76.2 Å². The molecule has 1 unspecified atom stereocenters. The smallest absolute Gasteiger partial charge is 0.0681 e. The van der Waals surface area contributed by atoms with E-state index >= 15 is 0 Å². The van der Waals surface area contributed by atoms with E-state index in [0.29, 0.717) is 0 Å². The second kappa shape index (κ2) is 12.7. The second-order valence-corrected chi connectivity index (χ2v) is 6.72. The zero-order chi connectivity index (χ0) is 16.0. The van der Waals surface area contributed by atoms with Crippen molar-refractivity contribution in [1.82, 2.24) is 0 Å². The number of unbranched alkanes of at least 4 members (excludes halogenated alkanes) is 4. The molecule has 0 saturated heterocycles. The number of aryl methyl sites for hydroxylation is 1. The minimum atomic E-state index is 0.150.